The van der Waals surface area contributed by atoms with E-state index >= 15 is 0 Å². The van der Waals surface area contributed by atoms with E-state index in [9.17, 15) is 0 Å². The second-order valence-electron chi connectivity index (χ2n) is 3.74. The average molecular weight is 208 g/mol. The zero-order valence-corrected chi connectivity index (χ0v) is 9.75. The molecule has 0 aliphatic heterocycles. The predicted molar refractivity (Wildman–Crippen MR) is 65.3 cm³/mol. The molecule has 0 saturated heterocycles. The van der Waals surface area contributed by atoms with Crippen molar-refractivity contribution in [2.75, 3.05) is 30.3 Å². The minimum Gasteiger partial charge on any atom is -0.397 e. The molecule has 0 aliphatic rings. The van der Waals surface area contributed by atoms with Gasteiger partial charge in [0.25, 0.3) is 0 Å². The van der Waals surface area contributed by atoms with Crippen molar-refractivity contribution in [3.8, 4) is 0 Å². The summed E-state index contributed by atoms with van der Waals surface area (Å²) < 4.78 is 0. The second-order valence-corrected chi connectivity index (χ2v) is 3.74. The maximum atomic E-state index is 8.96. The monoisotopic (exact) mass is 208 g/mol. The van der Waals surface area contributed by atoms with Crippen LogP contribution >= 0.6 is 0 Å². The average Bonchev–Trinajstić information content (AvgIpc) is 2.24. The summed E-state index contributed by atoms with van der Waals surface area (Å²) in [6.45, 7) is 7.78. The van der Waals surface area contributed by atoms with Crippen LogP contribution in [0.15, 0.2) is 12.1 Å². The number of hydrogen-bond acceptors (Lipinski definition) is 3. The summed E-state index contributed by atoms with van der Waals surface area (Å²) >= 11 is 0. The van der Waals surface area contributed by atoms with Crippen LogP contribution in [0.25, 0.3) is 0 Å². The standard InChI is InChI=1S/C12H20N2O/c1-4-14(7-8-15)11-6-5-9(2)10(3)12(11)13/h5-6,15H,4,7-8,13H2,1-3H3. The number of aryl methyl sites for hydroxylation is 1. The fourth-order valence-corrected chi connectivity index (χ4v) is 1.67. The van der Waals surface area contributed by atoms with E-state index in [1.165, 1.54) is 5.56 Å². The third-order valence-electron chi connectivity index (χ3n) is 2.85. The molecule has 3 N–H and O–H groups in total. The van der Waals surface area contributed by atoms with Gasteiger partial charge in [0, 0.05) is 13.1 Å². The summed E-state index contributed by atoms with van der Waals surface area (Å²) in [7, 11) is 0. The normalized spacial score (nSPS) is 10.4. The Morgan fingerprint density at radius 2 is 2.00 bits per heavy atom. The zero-order valence-electron chi connectivity index (χ0n) is 9.75. The Labute approximate surface area is 91.5 Å². The molecule has 3 nitrogen and oxygen atoms in total. The van der Waals surface area contributed by atoms with E-state index in [0.717, 1.165) is 23.5 Å². The van der Waals surface area contributed by atoms with Crippen LogP contribution in [-0.2, 0) is 0 Å². The summed E-state index contributed by atoms with van der Waals surface area (Å²) in [5.41, 5.74) is 10.2. The predicted octanol–water partition coefficient (Wildman–Crippen LogP) is 1.70. The molecule has 0 heterocycles. The molecule has 1 aromatic carbocycles. The minimum atomic E-state index is 0.153. The third-order valence-corrected chi connectivity index (χ3v) is 2.85. The van der Waals surface area contributed by atoms with Crippen LogP contribution in [-0.4, -0.2) is 24.8 Å². The van der Waals surface area contributed by atoms with E-state index in [0.29, 0.717) is 6.54 Å². The van der Waals surface area contributed by atoms with Gasteiger partial charge in [0.05, 0.1) is 18.0 Å². The molecule has 0 saturated carbocycles. The zero-order chi connectivity index (χ0) is 11.4. The topological polar surface area (TPSA) is 49.5 Å². The molecule has 84 valence electrons. The highest BCUT2D eigenvalue weighted by molar-refractivity contribution is 5.72. The van der Waals surface area contributed by atoms with Crippen LogP contribution in [0.5, 0.6) is 0 Å². The first kappa shape index (κ1) is 11.9. The highest BCUT2D eigenvalue weighted by Gasteiger charge is 2.10. The van der Waals surface area contributed by atoms with Gasteiger partial charge in [-0.3, -0.25) is 0 Å². The summed E-state index contributed by atoms with van der Waals surface area (Å²) in [5, 5.41) is 8.96. The number of nitrogens with two attached hydrogens (primary N) is 1. The lowest BCUT2D eigenvalue weighted by molar-refractivity contribution is 0.302. The number of anilines is 2. The van der Waals surface area contributed by atoms with Gasteiger partial charge in [0.15, 0.2) is 0 Å². The molecule has 3 heteroatoms. The number of benzene rings is 1. The van der Waals surface area contributed by atoms with Crippen LogP contribution in [0.1, 0.15) is 18.1 Å². The van der Waals surface area contributed by atoms with Crippen LogP contribution in [0, 0.1) is 13.8 Å². The molecule has 0 aliphatic carbocycles. The van der Waals surface area contributed by atoms with E-state index in [2.05, 4.69) is 24.8 Å². The number of aliphatic hydroxyl groups excluding tert-OH is 1. The molecule has 0 spiro atoms. The largest absolute Gasteiger partial charge is 0.397 e. The van der Waals surface area contributed by atoms with Gasteiger partial charge in [-0.1, -0.05) is 6.07 Å². The van der Waals surface area contributed by atoms with Crippen LogP contribution < -0.4 is 10.6 Å². The van der Waals surface area contributed by atoms with Gasteiger partial charge < -0.3 is 15.7 Å². The van der Waals surface area contributed by atoms with Crippen molar-refractivity contribution in [2.24, 2.45) is 0 Å². The first-order valence-corrected chi connectivity index (χ1v) is 5.33. The fraction of sp³-hybridized carbons (Fsp3) is 0.500. The smallest absolute Gasteiger partial charge is 0.0606 e. The molecule has 1 rings (SSSR count). The lowest BCUT2D eigenvalue weighted by Gasteiger charge is -2.25. The summed E-state index contributed by atoms with van der Waals surface area (Å²) in [6.07, 6.45) is 0. The molecule has 0 radical (unpaired) electrons. The molecular formula is C12H20N2O. The number of nitrogens with zero attached hydrogens (tertiary/aromatic N) is 1. The third kappa shape index (κ3) is 2.42. The Bertz CT molecular complexity index is 337. The number of rotatable bonds is 4. The Kier molecular flexibility index (Phi) is 3.97. The van der Waals surface area contributed by atoms with Crippen molar-refractivity contribution in [2.45, 2.75) is 20.8 Å². The number of nitrogen functional groups attached to an aromatic ring is 1. The van der Waals surface area contributed by atoms with E-state index in [-0.39, 0.29) is 6.61 Å². The molecule has 0 amide bonds. The Morgan fingerprint density at radius 3 is 2.53 bits per heavy atom. The summed E-state index contributed by atoms with van der Waals surface area (Å²) in [6, 6.07) is 4.10. The van der Waals surface area contributed by atoms with Gasteiger partial charge >= 0.3 is 0 Å². The molecule has 0 aromatic heterocycles. The molecule has 1 aromatic rings. The van der Waals surface area contributed by atoms with Crippen molar-refractivity contribution in [1.82, 2.24) is 0 Å². The van der Waals surface area contributed by atoms with E-state index < -0.39 is 0 Å². The highest BCUT2D eigenvalue weighted by atomic mass is 16.3. The van der Waals surface area contributed by atoms with Crippen molar-refractivity contribution < 1.29 is 5.11 Å². The van der Waals surface area contributed by atoms with Crippen molar-refractivity contribution in [1.29, 1.82) is 0 Å². The first-order chi connectivity index (χ1) is 7.11. The van der Waals surface area contributed by atoms with E-state index in [1.54, 1.807) is 0 Å². The quantitative estimate of drug-likeness (QED) is 0.740. The van der Waals surface area contributed by atoms with Crippen LogP contribution in [0.4, 0.5) is 11.4 Å². The Morgan fingerprint density at radius 1 is 1.33 bits per heavy atom. The van der Waals surface area contributed by atoms with Crippen LogP contribution in [0.3, 0.4) is 0 Å². The van der Waals surface area contributed by atoms with Crippen LogP contribution in [0.2, 0.25) is 0 Å². The van der Waals surface area contributed by atoms with Gasteiger partial charge in [-0.15, -0.1) is 0 Å². The van der Waals surface area contributed by atoms with Gasteiger partial charge in [-0.2, -0.15) is 0 Å². The first-order valence-electron chi connectivity index (χ1n) is 5.33. The lowest BCUT2D eigenvalue weighted by Crippen LogP contribution is -2.27. The van der Waals surface area contributed by atoms with Gasteiger partial charge in [-0.25, -0.2) is 0 Å². The van der Waals surface area contributed by atoms with Crippen molar-refractivity contribution in [3.63, 3.8) is 0 Å². The molecule has 0 unspecified atom stereocenters. The Hall–Kier alpha value is -1.22. The maximum absolute atomic E-state index is 8.96. The Balaban J connectivity index is 3.07. The molecule has 0 atom stereocenters. The van der Waals surface area contributed by atoms with Gasteiger partial charge in [-0.05, 0) is 38.0 Å². The van der Waals surface area contributed by atoms with E-state index in [4.69, 9.17) is 10.8 Å². The lowest BCUT2D eigenvalue weighted by atomic mass is 10.1. The molecule has 0 fully saturated rings. The number of aliphatic hydroxyl groups is 1. The maximum Gasteiger partial charge on any atom is 0.0606 e. The molecule has 0 bridgehead atoms. The number of likely N-dealkylation sites (N-methyl/N-ethyl adjacent to an activating group) is 1. The second kappa shape index (κ2) is 5.03. The fourth-order valence-electron chi connectivity index (χ4n) is 1.67. The highest BCUT2D eigenvalue weighted by Crippen LogP contribution is 2.28. The molecular weight excluding hydrogens is 188 g/mol. The van der Waals surface area contributed by atoms with E-state index in [1.807, 2.05) is 13.0 Å². The number of hydrogen-bond donors (Lipinski definition) is 2. The summed E-state index contributed by atoms with van der Waals surface area (Å²) in [4.78, 5) is 2.09. The van der Waals surface area contributed by atoms with Crippen molar-refractivity contribution in [3.05, 3.63) is 23.3 Å². The van der Waals surface area contributed by atoms with Crippen molar-refractivity contribution >= 4 is 11.4 Å². The minimum absolute atomic E-state index is 0.153. The SMILES string of the molecule is CCN(CCO)c1ccc(C)c(C)c1N. The van der Waals surface area contributed by atoms with Gasteiger partial charge in [0.1, 0.15) is 0 Å². The summed E-state index contributed by atoms with van der Waals surface area (Å²) in [5.74, 6) is 0. The molecule has 15 heavy (non-hydrogen) atoms. The van der Waals surface area contributed by atoms with Gasteiger partial charge in [0.2, 0.25) is 0 Å².